The van der Waals surface area contributed by atoms with Gasteiger partial charge >= 0.3 is 5.97 Å². The molecule has 0 aromatic heterocycles. The van der Waals surface area contributed by atoms with Crippen molar-refractivity contribution in [2.45, 2.75) is 39.2 Å². The zero-order valence-electron chi connectivity index (χ0n) is 9.63. The molecule has 84 valence electrons. The fourth-order valence-electron chi connectivity index (χ4n) is 1.55. The zero-order valence-corrected chi connectivity index (χ0v) is 9.63. The van der Waals surface area contributed by atoms with E-state index < -0.39 is 5.60 Å². The van der Waals surface area contributed by atoms with E-state index in [1.165, 1.54) is 12.5 Å². The number of allylic oxidation sites excluding steroid dienone is 2. The van der Waals surface area contributed by atoms with E-state index in [9.17, 15) is 4.79 Å². The average molecular weight is 210 g/mol. The molecular weight excluding hydrogens is 192 g/mol. The molecule has 0 radical (unpaired) electrons. The average Bonchev–Trinajstić information content (AvgIpc) is 2.12. The van der Waals surface area contributed by atoms with Crippen molar-refractivity contribution in [3.8, 4) is 0 Å². The number of ether oxygens (including phenoxy) is 2. The highest BCUT2D eigenvalue weighted by Gasteiger charge is 2.46. The van der Waals surface area contributed by atoms with Gasteiger partial charge < -0.3 is 9.47 Å². The Balaban J connectivity index is 2.55. The normalized spacial score (nSPS) is 23.8. The molecule has 15 heavy (non-hydrogen) atoms. The van der Waals surface area contributed by atoms with Crippen molar-refractivity contribution in [2.75, 3.05) is 6.61 Å². The van der Waals surface area contributed by atoms with Gasteiger partial charge in [-0.3, -0.25) is 4.79 Å². The minimum atomic E-state index is -0.572. The lowest BCUT2D eigenvalue weighted by Gasteiger charge is -2.42. The van der Waals surface area contributed by atoms with Crippen LogP contribution in [-0.4, -0.2) is 18.2 Å². The Hall–Kier alpha value is -1.25. The molecule has 1 aliphatic heterocycles. The van der Waals surface area contributed by atoms with Gasteiger partial charge in [-0.1, -0.05) is 18.2 Å². The zero-order chi connectivity index (χ0) is 11.5. The summed E-state index contributed by atoms with van der Waals surface area (Å²) in [5.41, 5.74) is 0.691. The Labute approximate surface area is 90.8 Å². The Morgan fingerprint density at radius 2 is 2.27 bits per heavy atom. The Morgan fingerprint density at radius 3 is 2.60 bits per heavy atom. The second kappa shape index (κ2) is 4.51. The molecule has 3 heteroatoms. The number of carbonyl (C=O) groups excluding carboxylic acids is 1. The van der Waals surface area contributed by atoms with Crippen LogP contribution in [0.15, 0.2) is 24.0 Å². The quantitative estimate of drug-likeness (QED) is 0.528. The standard InChI is InChI=1S/C12H18O3/c1-9(2)6-5-7-12(15-11(4)13)8-14-10(12)3/h6H,3,5,7-8H2,1-2,4H3. The van der Waals surface area contributed by atoms with E-state index in [0.29, 0.717) is 12.4 Å². The SMILES string of the molecule is C=C1OCC1(CCC=C(C)C)OC(C)=O. The molecule has 0 spiro atoms. The van der Waals surface area contributed by atoms with Gasteiger partial charge in [-0.05, 0) is 20.3 Å². The summed E-state index contributed by atoms with van der Waals surface area (Å²) in [6.07, 6.45) is 3.74. The summed E-state index contributed by atoms with van der Waals surface area (Å²) in [7, 11) is 0. The summed E-state index contributed by atoms with van der Waals surface area (Å²) in [4.78, 5) is 11.0. The van der Waals surface area contributed by atoms with E-state index in [1.54, 1.807) is 0 Å². The molecule has 1 aliphatic rings. The highest BCUT2D eigenvalue weighted by atomic mass is 16.6. The van der Waals surface area contributed by atoms with Crippen LogP contribution in [0, 0.1) is 0 Å². The fraction of sp³-hybridized carbons (Fsp3) is 0.583. The Bertz CT molecular complexity index is 300. The molecular formula is C12H18O3. The first-order chi connectivity index (χ1) is 6.96. The van der Waals surface area contributed by atoms with Gasteiger partial charge in [-0.15, -0.1) is 0 Å². The maximum absolute atomic E-state index is 11.0. The third-order valence-corrected chi connectivity index (χ3v) is 2.43. The first-order valence-corrected chi connectivity index (χ1v) is 5.11. The van der Waals surface area contributed by atoms with Crippen LogP contribution in [0.3, 0.4) is 0 Å². The maximum atomic E-state index is 11.0. The highest BCUT2D eigenvalue weighted by Crippen LogP contribution is 2.36. The van der Waals surface area contributed by atoms with Crippen LogP contribution in [0.4, 0.5) is 0 Å². The van der Waals surface area contributed by atoms with Crippen molar-refractivity contribution in [2.24, 2.45) is 0 Å². The molecule has 1 saturated heterocycles. The summed E-state index contributed by atoms with van der Waals surface area (Å²) >= 11 is 0. The molecule has 1 atom stereocenters. The summed E-state index contributed by atoms with van der Waals surface area (Å²) in [6.45, 7) is 9.68. The van der Waals surface area contributed by atoms with Crippen molar-refractivity contribution in [3.05, 3.63) is 24.0 Å². The van der Waals surface area contributed by atoms with Crippen molar-refractivity contribution < 1.29 is 14.3 Å². The molecule has 0 aromatic carbocycles. The third kappa shape index (κ3) is 2.85. The lowest BCUT2D eigenvalue weighted by atomic mass is 9.91. The van der Waals surface area contributed by atoms with E-state index in [1.807, 2.05) is 13.8 Å². The topological polar surface area (TPSA) is 35.5 Å². The smallest absolute Gasteiger partial charge is 0.303 e. The minimum absolute atomic E-state index is 0.281. The third-order valence-electron chi connectivity index (χ3n) is 2.43. The molecule has 3 nitrogen and oxygen atoms in total. The summed E-state index contributed by atoms with van der Waals surface area (Å²) in [6, 6.07) is 0. The molecule has 0 amide bonds. The molecule has 1 rings (SSSR count). The van der Waals surface area contributed by atoms with Crippen LogP contribution in [-0.2, 0) is 14.3 Å². The lowest BCUT2D eigenvalue weighted by molar-refractivity contribution is -0.183. The van der Waals surface area contributed by atoms with Crippen LogP contribution < -0.4 is 0 Å². The van der Waals surface area contributed by atoms with Gasteiger partial charge in [0, 0.05) is 13.3 Å². The van der Waals surface area contributed by atoms with E-state index in [0.717, 1.165) is 12.8 Å². The summed E-state index contributed by atoms with van der Waals surface area (Å²) < 4.78 is 10.4. The van der Waals surface area contributed by atoms with Crippen molar-refractivity contribution in [1.29, 1.82) is 0 Å². The van der Waals surface area contributed by atoms with Crippen LogP contribution >= 0.6 is 0 Å². The van der Waals surface area contributed by atoms with Gasteiger partial charge in [0.1, 0.15) is 12.4 Å². The van der Waals surface area contributed by atoms with Gasteiger partial charge in [0.25, 0.3) is 0 Å². The first kappa shape index (κ1) is 11.8. The summed E-state index contributed by atoms with van der Waals surface area (Å²) in [5, 5.41) is 0. The molecule has 1 fully saturated rings. The molecule has 0 bridgehead atoms. The van der Waals surface area contributed by atoms with E-state index in [2.05, 4.69) is 12.7 Å². The number of esters is 1. The largest absolute Gasteiger partial charge is 0.489 e. The van der Waals surface area contributed by atoms with Gasteiger partial charge in [0.15, 0.2) is 0 Å². The van der Waals surface area contributed by atoms with Crippen molar-refractivity contribution in [1.82, 2.24) is 0 Å². The van der Waals surface area contributed by atoms with E-state index in [-0.39, 0.29) is 5.97 Å². The van der Waals surface area contributed by atoms with Crippen LogP contribution in [0.5, 0.6) is 0 Å². The number of carbonyl (C=O) groups is 1. The predicted octanol–water partition coefficient (Wildman–Crippen LogP) is 2.58. The molecule has 1 heterocycles. The van der Waals surface area contributed by atoms with Gasteiger partial charge in [0.05, 0.1) is 0 Å². The molecule has 0 N–H and O–H groups in total. The van der Waals surface area contributed by atoms with Gasteiger partial charge in [-0.2, -0.15) is 0 Å². The number of hydrogen-bond donors (Lipinski definition) is 0. The second-order valence-electron chi connectivity index (χ2n) is 4.12. The van der Waals surface area contributed by atoms with Crippen LogP contribution in [0.2, 0.25) is 0 Å². The predicted molar refractivity (Wildman–Crippen MR) is 58.3 cm³/mol. The van der Waals surface area contributed by atoms with Gasteiger partial charge in [0.2, 0.25) is 5.60 Å². The van der Waals surface area contributed by atoms with Crippen molar-refractivity contribution >= 4 is 5.97 Å². The molecule has 0 aromatic rings. The van der Waals surface area contributed by atoms with Crippen LogP contribution in [0.1, 0.15) is 33.6 Å². The Morgan fingerprint density at radius 1 is 1.60 bits per heavy atom. The summed E-state index contributed by atoms with van der Waals surface area (Å²) in [5.74, 6) is 0.288. The number of hydrogen-bond acceptors (Lipinski definition) is 3. The fourth-order valence-corrected chi connectivity index (χ4v) is 1.55. The second-order valence-corrected chi connectivity index (χ2v) is 4.12. The maximum Gasteiger partial charge on any atom is 0.303 e. The van der Waals surface area contributed by atoms with E-state index >= 15 is 0 Å². The van der Waals surface area contributed by atoms with E-state index in [4.69, 9.17) is 9.47 Å². The van der Waals surface area contributed by atoms with Crippen LogP contribution in [0.25, 0.3) is 0 Å². The molecule has 0 aliphatic carbocycles. The number of rotatable bonds is 4. The molecule has 1 unspecified atom stereocenters. The monoisotopic (exact) mass is 210 g/mol. The van der Waals surface area contributed by atoms with Crippen molar-refractivity contribution in [3.63, 3.8) is 0 Å². The van der Waals surface area contributed by atoms with Gasteiger partial charge in [-0.25, -0.2) is 0 Å². The molecule has 0 saturated carbocycles. The lowest BCUT2D eigenvalue weighted by Crippen LogP contribution is -2.50. The first-order valence-electron chi connectivity index (χ1n) is 5.11. The minimum Gasteiger partial charge on any atom is -0.489 e. The highest BCUT2D eigenvalue weighted by molar-refractivity contribution is 5.67. The Kier molecular flexibility index (Phi) is 3.56.